The fourth-order valence-corrected chi connectivity index (χ4v) is 6.02. The fraction of sp³-hybridized carbons (Fsp3) is 0.357. The van der Waals surface area contributed by atoms with E-state index in [1.54, 1.807) is 13.8 Å². The van der Waals surface area contributed by atoms with Crippen LogP contribution in [0.25, 0.3) is 5.69 Å². The Morgan fingerprint density at radius 1 is 1.02 bits per heavy atom. The minimum absolute atomic E-state index is 0.00962. The number of halogens is 6. The Hall–Kier alpha value is -3.73. The molecule has 2 fully saturated rings. The van der Waals surface area contributed by atoms with E-state index in [9.17, 15) is 36.0 Å². The first kappa shape index (κ1) is 36.1. The van der Waals surface area contributed by atoms with Crippen LogP contribution in [0.15, 0.2) is 40.4 Å². The first-order valence-corrected chi connectivity index (χ1v) is 16.7. The Labute approximate surface area is 281 Å². The topological polar surface area (TPSA) is 142 Å². The largest absolute Gasteiger partial charge is 0.489 e. The number of hydrogen-bond acceptors (Lipinski definition) is 8. The van der Waals surface area contributed by atoms with Crippen LogP contribution in [-0.4, -0.2) is 47.1 Å². The molecular formula is C28H27Cl3F3N5O7S. The molecular weight excluding hydrogens is 714 g/mol. The molecule has 0 unspecified atom stereocenters. The van der Waals surface area contributed by atoms with Crippen molar-refractivity contribution in [2.75, 3.05) is 15.9 Å². The summed E-state index contributed by atoms with van der Waals surface area (Å²) in [5.74, 6) is -1.56. The Morgan fingerprint density at radius 3 is 2.19 bits per heavy atom. The number of hydrogen-bond donors (Lipinski definition) is 1. The highest BCUT2D eigenvalue weighted by atomic mass is 35.5. The normalized spacial score (nSPS) is 15.2. The standard InChI is InChI=1S/C17H17ClFNO4.C11H10Cl2F2N4O3S/c1-9(2)15-16(21)20(17(22)24-15)13-8-14(11(18)7-12(13)19)23-10-5-3-4-6-10;1-5-16-19(11(20)18(5)10(14)15)9-4-8(17-23(2,21)22)6(12)3-7(9)13/h7-8,10H,3-6H2,1-2H3;3-4,10,17H,1-2H3. The third kappa shape index (κ3) is 8.05. The van der Waals surface area contributed by atoms with Gasteiger partial charge in [-0.2, -0.15) is 13.5 Å². The number of nitrogens with one attached hydrogen (secondary N) is 1. The van der Waals surface area contributed by atoms with Crippen molar-refractivity contribution in [3.05, 3.63) is 72.8 Å². The lowest BCUT2D eigenvalue weighted by molar-refractivity contribution is -0.114. The quantitative estimate of drug-likeness (QED) is 0.256. The molecule has 1 aliphatic carbocycles. The molecule has 1 saturated carbocycles. The molecule has 2 aromatic carbocycles. The number of nitrogens with zero attached hydrogens (tertiary/aromatic N) is 4. The second-order valence-corrected chi connectivity index (χ2v) is 13.6. The number of allylic oxidation sites excluding steroid dienone is 1. The number of carbonyl (C=O) groups excluding carboxylic acids is 2. The maximum atomic E-state index is 14.3. The summed E-state index contributed by atoms with van der Waals surface area (Å²) < 4.78 is 76.3. The van der Waals surface area contributed by atoms with E-state index in [4.69, 9.17) is 44.3 Å². The number of cyclic esters (lactones) is 1. The van der Waals surface area contributed by atoms with Gasteiger partial charge in [0, 0.05) is 6.07 Å². The van der Waals surface area contributed by atoms with Crippen LogP contribution in [0.5, 0.6) is 5.75 Å². The summed E-state index contributed by atoms with van der Waals surface area (Å²) in [7, 11) is -3.65. The lowest BCUT2D eigenvalue weighted by atomic mass is 10.2. The second kappa shape index (κ2) is 14.2. The number of anilines is 2. The molecule has 5 rings (SSSR count). The van der Waals surface area contributed by atoms with Crippen molar-refractivity contribution in [3.63, 3.8) is 0 Å². The molecule has 0 atom stereocenters. The highest BCUT2D eigenvalue weighted by molar-refractivity contribution is 7.92. The van der Waals surface area contributed by atoms with Crippen molar-refractivity contribution in [2.24, 2.45) is 0 Å². The molecule has 0 spiro atoms. The van der Waals surface area contributed by atoms with Gasteiger partial charge in [0.15, 0.2) is 5.76 Å². The first-order chi connectivity index (χ1) is 21.9. The van der Waals surface area contributed by atoms with Gasteiger partial charge in [-0.1, -0.05) is 34.8 Å². The van der Waals surface area contributed by atoms with E-state index in [-0.39, 0.29) is 60.1 Å². The van der Waals surface area contributed by atoms with E-state index in [1.165, 1.54) is 19.1 Å². The Kier molecular flexibility index (Phi) is 10.9. The maximum Gasteiger partial charge on any atom is 0.427 e. The third-order valence-corrected chi connectivity index (χ3v) is 8.30. The molecule has 2 aliphatic rings. The van der Waals surface area contributed by atoms with Crippen molar-refractivity contribution in [1.82, 2.24) is 14.3 Å². The van der Waals surface area contributed by atoms with Crippen LogP contribution < -0.4 is 20.0 Å². The van der Waals surface area contributed by atoms with Gasteiger partial charge in [0.2, 0.25) is 10.0 Å². The summed E-state index contributed by atoms with van der Waals surface area (Å²) >= 11 is 17.9. The van der Waals surface area contributed by atoms with Gasteiger partial charge in [-0.25, -0.2) is 31.9 Å². The summed E-state index contributed by atoms with van der Waals surface area (Å²) in [6.07, 6.45) is 3.90. The van der Waals surface area contributed by atoms with Crippen LogP contribution in [0.4, 0.5) is 29.3 Å². The van der Waals surface area contributed by atoms with Crippen LogP contribution in [0.1, 0.15) is 51.9 Å². The van der Waals surface area contributed by atoms with Crippen molar-refractivity contribution in [3.8, 4) is 11.4 Å². The number of benzene rings is 2. The summed E-state index contributed by atoms with van der Waals surface area (Å²) in [5.41, 5.74) is -0.960. The predicted molar refractivity (Wildman–Crippen MR) is 169 cm³/mol. The number of aryl methyl sites for hydroxylation is 1. The smallest absolute Gasteiger partial charge is 0.427 e. The Bertz CT molecular complexity index is 1940. The van der Waals surface area contributed by atoms with Crippen LogP contribution in [0.2, 0.25) is 15.1 Å². The monoisotopic (exact) mass is 739 g/mol. The lowest BCUT2D eigenvalue weighted by Crippen LogP contribution is -2.29. The molecule has 2 heterocycles. The number of alkyl halides is 2. The van der Waals surface area contributed by atoms with Gasteiger partial charge in [-0.3, -0.25) is 9.52 Å². The molecule has 2 amide bonds. The van der Waals surface area contributed by atoms with Gasteiger partial charge < -0.3 is 9.47 Å². The number of amides is 2. The number of carbonyl (C=O) groups is 2. The fourth-order valence-electron chi connectivity index (χ4n) is 4.69. The van der Waals surface area contributed by atoms with E-state index in [2.05, 4.69) is 9.82 Å². The zero-order valence-corrected chi connectivity index (χ0v) is 28.2. The van der Waals surface area contributed by atoms with Gasteiger partial charge in [-0.05, 0) is 70.2 Å². The third-order valence-electron chi connectivity index (χ3n) is 6.80. The highest BCUT2D eigenvalue weighted by Gasteiger charge is 2.40. The van der Waals surface area contributed by atoms with E-state index in [1.807, 2.05) is 0 Å². The highest BCUT2D eigenvalue weighted by Crippen LogP contribution is 2.38. The van der Waals surface area contributed by atoms with E-state index in [0.717, 1.165) is 44.1 Å². The van der Waals surface area contributed by atoms with Crippen LogP contribution >= 0.6 is 34.8 Å². The molecule has 47 heavy (non-hydrogen) atoms. The van der Waals surface area contributed by atoms with Crippen molar-refractivity contribution in [1.29, 1.82) is 0 Å². The molecule has 1 aliphatic heterocycles. The number of rotatable bonds is 7. The molecule has 12 nitrogen and oxygen atoms in total. The Balaban J connectivity index is 0.000000213. The summed E-state index contributed by atoms with van der Waals surface area (Å²) in [6, 6.07) is 4.63. The minimum Gasteiger partial charge on any atom is -0.489 e. The van der Waals surface area contributed by atoms with Crippen molar-refractivity contribution >= 4 is 68.2 Å². The molecule has 1 aromatic heterocycles. The van der Waals surface area contributed by atoms with Crippen LogP contribution in [-0.2, 0) is 19.6 Å². The van der Waals surface area contributed by atoms with Crippen LogP contribution in [0, 0.1) is 12.7 Å². The average Bonchev–Trinajstić information content (AvgIpc) is 3.65. The van der Waals surface area contributed by atoms with Gasteiger partial charge in [0.25, 0.3) is 0 Å². The van der Waals surface area contributed by atoms with Gasteiger partial charge in [-0.15, -0.1) is 5.10 Å². The molecule has 0 radical (unpaired) electrons. The first-order valence-electron chi connectivity index (χ1n) is 13.7. The predicted octanol–water partition coefficient (Wildman–Crippen LogP) is 6.99. The van der Waals surface area contributed by atoms with Gasteiger partial charge in [0.1, 0.15) is 17.4 Å². The molecule has 0 bridgehead atoms. The van der Waals surface area contributed by atoms with Crippen molar-refractivity contribution < 1.29 is 40.7 Å². The Morgan fingerprint density at radius 2 is 1.66 bits per heavy atom. The maximum absolute atomic E-state index is 14.3. The van der Waals surface area contributed by atoms with Gasteiger partial charge in [0.05, 0.1) is 44.5 Å². The van der Waals surface area contributed by atoms with E-state index >= 15 is 0 Å². The number of sulfonamides is 1. The molecule has 254 valence electrons. The lowest BCUT2D eigenvalue weighted by Gasteiger charge is -2.18. The summed E-state index contributed by atoms with van der Waals surface area (Å²) in [5, 5.41) is 3.73. The zero-order valence-electron chi connectivity index (χ0n) is 25.1. The average molecular weight is 741 g/mol. The van der Waals surface area contributed by atoms with Crippen molar-refractivity contribution in [2.45, 2.75) is 59.1 Å². The molecule has 19 heteroatoms. The van der Waals surface area contributed by atoms with E-state index in [0.29, 0.717) is 15.2 Å². The SMILES string of the molecule is CC(C)=C1OC(=O)N(c2cc(OC3CCCC3)c(Cl)cc2F)C1=O.Cc1nn(-c2cc(NS(C)(=O)=O)c(Cl)cc2Cl)c(=O)n1C(F)F. The number of imide groups is 1. The zero-order chi connectivity index (χ0) is 35.0. The second-order valence-electron chi connectivity index (χ2n) is 10.6. The van der Waals surface area contributed by atoms with Crippen LogP contribution in [0.3, 0.4) is 0 Å². The molecule has 1 N–H and O–H groups in total. The van der Waals surface area contributed by atoms with E-state index < -0.39 is 40.1 Å². The molecule has 1 saturated heterocycles. The molecule has 3 aromatic rings. The number of ether oxygens (including phenoxy) is 2. The minimum atomic E-state index is -3.65. The summed E-state index contributed by atoms with van der Waals surface area (Å²) in [4.78, 5) is 37.0. The summed E-state index contributed by atoms with van der Waals surface area (Å²) in [6.45, 7) is 1.42. The number of aromatic nitrogens is 3. The van der Waals surface area contributed by atoms with Gasteiger partial charge >= 0.3 is 24.2 Å².